The first-order valence-corrected chi connectivity index (χ1v) is 6.48. The van der Waals surface area contributed by atoms with Crippen LogP contribution in [0.4, 0.5) is 0 Å². The minimum Gasteiger partial charge on any atom is -0.358 e. The first-order valence-electron chi connectivity index (χ1n) is 6.48. The molecule has 0 fully saturated rings. The Morgan fingerprint density at radius 3 is 2.05 bits per heavy atom. The Labute approximate surface area is 114 Å². The molecule has 2 nitrogen and oxygen atoms in total. The molecule has 1 amide bonds. The van der Waals surface area contributed by atoms with E-state index in [2.05, 4.69) is 17.4 Å². The van der Waals surface area contributed by atoms with Gasteiger partial charge in [0.05, 0.1) is 5.41 Å². The smallest absolute Gasteiger partial charge is 0.230 e. The third kappa shape index (κ3) is 2.84. The van der Waals surface area contributed by atoms with Gasteiger partial charge in [-0.05, 0) is 24.5 Å². The fourth-order valence-corrected chi connectivity index (χ4v) is 2.40. The molecule has 0 aliphatic rings. The van der Waals surface area contributed by atoms with Gasteiger partial charge in [-0.25, -0.2) is 0 Å². The van der Waals surface area contributed by atoms with Gasteiger partial charge >= 0.3 is 0 Å². The van der Waals surface area contributed by atoms with E-state index in [1.807, 2.05) is 55.5 Å². The molecular weight excluding hydrogens is 234 g/mol. The van der Waals surface area contributed by atoms with Gasteiger partial charge in [0, 0.05) is 7.05 Å². The van der Waals surface area contributed by atoms with Crippen LogP contribution in [0.2, 0.25) is 0 Å². The fraction of sp³-hybridized carbons (Fsp3) is 0.235. The van der Waals surface area contributed by atoms with Crippen molar-refractivity contribution in [2.45, 2.75) is 18.8 Å². The summed E-state index contributed by atoms with van der Waals surface area (Å²) >= 11 is 0. The molecular formula is C17H19NO. The molecule has 2 heteroatoms. The van der Waals surface area contributed by atoms with Crippen molar-refractivity contribution in [2.75, 3.05) is 7.05 Å². The van der Waals surface area contributed by atoms with Crippen LogP contribution in [0.3, 0.4) is 0 Å². The Hall–Kier alpha value is -2.09. The maximum atomic E-state index is 12.3. The topological polar surface area (TPSA) is 29.1 Å². The number of hydrogen-bond acceptors (Lipinski definition) is 1. The minimum atomic E-state index is -0.544. The SMILES string of the molecule is CNC(=O)C(C)(Cc1ccccc1)c1ccccc1. The van der Waals surface area contributed by atoms with E-state index in [0.29, 0.717) is 6.42 Å². The molecule has 0 saturated carbocycles. The number of benzene rings is 2. The highest BCUT2D eigenvalue weighted by Crippen LogP contribution is 2.28. The Morgan fingerprint density at radius 1 is 1.00 bits per heavy atom. The van der Waals surface area contributed by atoms with Gasteiger partial charge in [0.15, 0.2) is 0 Å². The number of likely N-dealkylation sites (N-methyl/N-ethyl adjacent to an activating group) is 1. The average Bonchev–Trinajstić information content (AvgIpc) is 2.48. The third-order valence-electron chi connectivity index (χ3n) is 3.54. The van der Waals surface area contributed by atoms with E-state index in [-0.39, 0.29) is 5.91 Å². The number of hydrogen-bond donors (Lipinski definition) is 1. The van der Waals surface area contributed by atoms with Crippen LogP contribution in [-0.2, 0) is 16.6 Å². The lowest BCUT2D eigenvalue weighted by molar-refractivity contribution is -0.125. The number of carbonyl (C=O) groups excluding carboxylic acids is 1. The Balaban J connectivity index is 2.39. The van der Waals surface area contributed by atoms with Gasteiger partial charge < -0.3 is 5.32 Å². The molecule has 19 heavy (non-hydrogen) atoms. The third-order valence-corrected chi connectivity index (χ3v) is 3.54. The molecule has 0 bridgehead atoms. The second-order valence-corrected chi connectivity index (χ2v) is 4.94. The van der Waals surface area contributed by atoms with E-state index in [1.54, 1.807) is 7.05 Å². The predicted molar refractivity (Wildman–Crippen MR) is 78.0 cm³/mol. The number of nitrogens with one attached hydrogen (secondary N) is 1. The largest absolute Gasteiger partial charge is 0.358 e. The summed E-state index contributed by atoms with van der Waals surface area (Å²) in [6, 6.07) is 20.1. The Bertz CT molecular complexity index is 536. The minimum absolute atomic E-state index is 0.0440. The van der Waals surface area contributed by atoms with Gasteiger partial charge in [-0.15, -0.1) is 0 Å². The van der Waals surface area contributed by atoms with E-state index >= 15 is 0 Å². The zero-order chi connectivity index (χ0) is 13.7. The maximum Gasteiger partial charge on any atom is 0.230 e. The van der Waals surface area contributed by atoms with Crippen LogP contribution in [0.25, 0.3) is 0 Å². The van der Waals surface area contributed by atoms with Gasteiger partial charge in [-0.1, -0.05) is 60.7 Å². The highest BCUT2D eigenvalue weighted by molar-refractivity contribution is 5.87. The first kappa shape index (κ1) is 13.3. The molecule has 98 valence electrons. The summed E-state index contributed by atoms with van der Waals surface area (Å²) in [7, 11) is 1.69. The quantitative estimate of drug-likeness (QED) is 0.892. The Kier molecular flexibility index (Phi) is 4.00. The summed E-state index contributed by atoms with van der Waals surface area (Å²) in [4.78, 5) is 12.3. The second-order valence-electron chi connectivity index (χ2n) is 4.94. The summed E-state index contributed by atoms with van der Waals surface area (Å²) in [5.74, 6) is 0.0440. The van der Waals surface area contributed by atoms with Crippen LogP contribution in [0.15, 0.2) is 60.7 Å². The molecule has 2 rings (SSSR count). The highest BCUT2D eigenvalue weighted by Gasteiger charge is 2.34. The van der Waals surface area contributed by atoms with Gasteiger partial charge in [0.2, 0.25) is 5.91 Å². The van der Waals surface area contributed by atoms with Gasteiger partial charge in [-0.2, -0.15) is 0 Å². The lowest BCUT2D eigenvalue weighted by Crippen LogP contribution is -2.42. The van der Waals surface area contributed by atoms with E-state index in [9.17, 15) is 4.79 Å². The van der Waals surface area contributed by atoms with Crippen LogP contribution in [-0.4, -0.2) is 13.0 Å². The van der Waals surface area contributed by atoms with Crippen LogP contribution < -0.4 is 5.32 Å². The maximum absolute atomic E-state index is 12.3. The van der Waals surface area contributed by atoms with E-state index < -0.39 is 5.41 Å². The molecule has 0 aliphatic heterocycles. The summed E-state index contributed by atoms with van der Waals surface area (Å²) in [6.07, 6.45) is 0.692. The van der Waals surface area contributed by atoms with Crippen LogP contribution in [0, 0.1) is 0 Å². The number of amides is 1. The van der Waals surface area contributed by atoms with Gasteiger partial charge in [-0.3, -0.25) is 4.79 Å². The van der Waals surface area contributed by atoms with Crippen molar-refractivity contribution < 1.29 is 4.79 Å². The molecule has 0 aromatic heterocycles. The molecule has 2 aromatic carbocycles. The van der Waals surface area contributed by atoms with Gasteiger partial charge in [0.1, 0.15) is 0 Å². The van der Waals surface area contributed by atoms with Crippen molar-refractivity contribution in [3.05, 3.63) is 71.8 Å². The van der Waals surface area contributed by atoms with Crippen LogP contribution >= 0.6 is 0 Å². The molecule has 0 aliphatic carbocycles. The monoisotopic (exact) mass is 253 g/mol. The van der Waals surface area contributed by atoms with Crippen molar-refractivity contribution in [2.24, 2.45) is 0 Å². The van der Waals surface area contributed by atoms with Crippen LogP contribution in [0.1, 0.15) is 18.1 Å². The molecule has 1 atom stereocenters. The van der Waals surface area contributed by atoms with E-state index in [1.165, 1.54) is 0 Å². The molecule has 1 unspecified atom stereocenters. The molecule has 0 heterocycles. The number of rotatable bonds is 4. The second kappa shape index (κ2) is 5.70. The lowest BCUT2D eigenvalue weighted by Gasteiger charge is -2.28. The summed E-state index contributed by atoms with van der Waals surface area (Å²) in [6.45, 7) is 1.99. The van der Waals surface area contributed by atoms with Crippen molar-refractivity contribution in [1.82, 2.24) is 5.32 Å². The molecule has 0 radical (unpaired) electrons. The molecule has 2 aromatic rings. The van der Waals surface area contributed by atoms with E-state index in [4.69, 9.17) is 0 Å². The summed E-state index contributed by atoms with van der Waals surface area (Å²) in [5.41, 5.74) is 1.66. The zero-order valence-corrected chi connectivity index (χ0v) is 11.4. The summed E-state index contributed by atoms with van der Waals surface area (Å²) in [5, 5.41) is 2.79. The summed E-state index contributed by atoms with van der Waals surface area (Å²) < 4.78 is 0. The average molecular weight is 253 g/mol. The van der Waals surface area contributed by atoms with Crippen LogP contribution in [0.5, 0.6) is 0 Å². The zero-order valence-electron chi connectivity index (χ0n) is 11.4. The van der Waals surface area contributed by atoms with E-state index in [0.717, 1.165) is 11.1 Å². The van der Waals surface area contributed by atoms with Crippen molar-refractivity contribution in [1.29, 1.82) is 0 Å². The Morgan fingerprint density at radius 2 is 1.53 bits per heavy atom. The highest BCUT2D eigenvalue weighted by atomic mass is 16.2. The number of carbonyl (C=O) groups is 1. The molecule has 1 N–H and O–H groups in total. The molecule has 0 spiro atoms. The van der Waals surface area contributed by atoms with Crippen molar-refractivity contribution >= 4 is 5.91 Å². The predicted octanol–water partition coefficient (Wildman–Crippen LogP) is 2.93. The fourth-order valence-electron chi connectivity index (χ4n) is 2.40. The standard InChI is InChI=1S/C17H19NO/c1-17(16(19)18-2,15-11-7-4-8-12-15)13-14-9-5-3-6-10-14/h3-12H,13H2,1-2H3,(H,18,19). The normalized spacial score (nSPS) is 13.6. The molecule has 0 saturated heterocycles. The van der Waals surface area contributed by atoms with Crippen molar-refractivity contribution in [3.8, 4) is 0 Å². The van der Waals surface area contributed by atoms with Gasteiger partial charge in [0.25, 0.3) is 0 Å². The lowest BCUT2D eigenvalue weighted by atomic mass is 9.76. The van der Waals surface area contributed by atoms with Crippen molar-refractivity contribution in [3.63, 3.8) is 0 Å². The first-order chi connectivity index (χ1) is 9.16.